The fraction of sp³-hybridized carbons (Fsp3) is 0.400. The summed E-state index contributed by atoms with van der Waals surface area (Å²) in [6, 6.07) is 6.77. The molecule has 162 valence electrons. The highest BCUT2D eigenvalue weighted by Gasteiger charge is 2.34. The average Bonchev–Trinajstić information content (AvgIpc) is 2.94. The highest BCUT2D eigenvalue weighted by atomic mass is 79.9. The van der Waals surface area contributed by atoms with E-state index in [9.17, 15) is 22.8 Å². The molecule has 3 heterocycles. The van der Waals surface area contributed by atoms with Gasteiger partial charge in [-0.1, -0.05) is 6.07 Å². The number of rotatable bonds is 4. The highest BCUT2D eigenvalue weighted by Crippen LogP contribution is 2.22. The molecular formula is C20H22BrF3N4O2. The van der Waals surface area contributed by atoms with Crippen LogP contribution in [0.5, 0.6) is 0 Å². The quantitative estimate of drug-likeness (QED) is 0.610. The molecule has 1 saturated heterocycles. The van der Waals surface area contributed by atoms with E-state index in [4.69, 9.17) is 0 Å². The molecule has 6 nitrogen and oxygen atoms in total. The Kier molecular flexibility index (Phi) is 6.74. The molecule has 0 atom stereocenters. The molecule has 0 N–H and O–H groups in total. The van der Waals surface area contributed by atoms with Crippen LogP contribution >= 0.6 is 15.9 Å². The van der Waals surface area contributed by atoms with Gasteiger partial charge in [-0.05, 0) is 47.5 Å². The molecule has 30 heavy (non-hydrogen) atoms. The number of hydrogen-bond acceptors (Lipinski definition) is 5. The lowest BCUT2D eigenvalue weighted by molar-refractivity contribution is -0.161. The molecule has 1 aliphatic heterocycles. The van der Waals surface area contributed by atoms with Crippen LogP contribution in [0.2, 0.25) is 0 Å². The number of aryl methyl sites for hydroxylation is 1. The SMILES string of the molecule is Cc1ncc(Br)cc1C(=O)c1cccc(N2CCCN(C(=O)CC(F)(F)F)CC2)n1.[HH]. The number of carbonyl (C=O) groups excluding carboxylic acids is 2. The summed E-state index contributed by atoms with van der Waals surface area (Å²) in [6.07, 6.45) is -3.84. The minimum atomic E-state index is -4.52. The summed E-state index contributed by atoms with van der Waals surface area (Å²) in [5.41, 5.74) is 1.28. The number of pyridine rings is 2. The van der Waals surface area contributed by atoms with Crippen molar-refractivity contribution >= 4 is 33.4 Å². The number of amides is 1. The third kappa shape index (κ3) is 5.56. The molecule has 3 rings (SSSR count). The van der Waals surface area contributed by atoms with Gasteiger partial charge in [0.2, 0.25) is 11.7 Å². The fourth-order valence-corrected chi connectivity index (χ4v) is 3.61. The first-order chi connectivity index (χ1) is 14.1. The maximum absolute atomic E-state index is 12.9. The first-order valence-corrected chi connectivity index (χ1v) is 10.2. The monoisotopic (exact) mass is 486 g/mol. The Morgan fingerprint density at radius 2 is 1.97 bits per heavy atom. The molecule has 10 heteroatoms. The zero-order chi connectivity index (χ0) is 21.9. The molecule has 1 aliphatic rings. The first kappa shape index (κ1) is 22.2. The average molecular weight is 487 g/mol. The molecule has 1 amide bonds. The van der Waals surface area contributed by atoms with Gasteiger partial charge in [0.1, 0.15) is 17.9 Å². The number of carbonyl (C=O) groups is 2. The van der Waals surface area contributed by atoms with E-state index in [0.717, 1.165) is 0 Å². The van der Waals surface area contributed by atoms with E-state index < -0.39 is 18.5 Å². The van der Waals surface area contributed by atoms with E-state index in [0.29, 0.717) is 41.1 Å². The van der Waals surface area contributed by atoms with Gasteiger partial charge >= 0.3 is 6.18 Å². The van der Waals surface area contributed by atoms with Crippen LogP contribution in [0.3, 0.4) is 0 Å². The molecule has 2 aromatic heterocycles. The van der Waals surface area contributed by atoms with Crippen LogP contribution < -0.4 is 4.90 Å². The molecule has 0 saturated carbocycles. The minimum Gasteiger partial charge on any atom is -0.355 e. The molecule has 2 aromatic rings. The number of nitrogens with zero attached hydrogens (tertiary/aromatic N) is 4. The third-order valence-corrected chi connectivity index (χ3v) is 5.22. The van der Waals surface area contributed by atoms with Gasteiger partial charge < -0.3 is 9.80 Å². The molecule has 1 fully saturated rings. The summed E-state index contributed by atoms with van der Waals surface area (Å²) >= 11 is 3.31. The number of hydrogen-bond donors (Lipinski definition) is 0. The van der Waals surface area contributed by atoms with Crippen LogP contribution in [0.15, 0.2) is 34.9 Å². The molecule has 0 bridgehead atoms. The number of halogens is 4. The number of anilines is 1. The Bertz CT molecular complexity index is 958. The lowest BCUT2D eigenvalue weighted by atomic mass is 10.1. The number of ketones is 1. The Balaban J connectivity index is 0.00000341. The topological polar surface area (TPSA) is 66.4 Å². The van der Waals surface area contributed by atoms with Crippen LogP contribution in [0, 0.1) is 6.92 Å². The second-order valence-corrected chi connectivity index (χ2v) is 7.93. The van der Waals surface area contributed by atoms with Gasteiger partial charge in [-0.3, -0.25) is 14.6 Å². The van der Waals surface area contributed by atoms with Crippen LogP contribution in [0.1, 0.15) is 36.0 Å². The van der Waals surface area contributed by atoms with Gasteiger partial charge in [-0.25, -0.2) is 4.98 Å². The Labute approximate surface area is 181 Å². The summed E-state index contributed by atoms with van der Waals surface area (Å²) in [6.45, 7) is 3.03. The van der Waals surface area contributed by atoms with Crippen molar-refractivity contribution in [3.8, 4) is 0 Å². The summed E-state index contributed by atoms with van der Waals surface area (Å²) in [5.74, 6) is -0.634. The van der Waals surface area contributed by atoms with Crippen LogP contribution in [0.4, 0.5) is 19.0 Å². The highest BCUT2D eigenvalue weighted by molar-refractivity contribution is 9.10. The van der Waals surface area contributed by atoms with Crippen molar-refractivity contribution < 1.29 is 24.2 Å². The van der Waals surface area contributed by atoms with E-state index in [-0.39, 0.29) is 26.0 Å². The fourth-order valence-electron chi connectivity index (χ4n) is 3.28. The maximum atomic E-state index is 12.9. The van der Waals surface area contributed by atoms with Gasteiger partial charge in [-0.15, -0.1) is 0 Å². The van der Waals surface area contributed by atoms with E-state index in [1.165, 1.54) is 4.90 Å². The maximum Gasteiger partial charge on any atom is 0.397 e. The molecule has 0 aromatic carbocycles. The van der Waals surface area contributed by atoms with Gasteiger partial charge in [0.15, 0.2) is 0 Å². The lowest BCUT2D eigenvalue weighted by Gasteiger charge is -2.23. The van der Waals surface area contributed by atoms with Crippen molar-refractivity contribution in [2.24, 2.45) is 0 Å². The number of alkyl halides is 3. The van der Waals surface area contributed by atoms with Gasteiger partial charge in [0, 0.05) is 49.5 Å². The summed E-state index contributed by atoms with van der Waals surface area (Å²) in [4.78, 5) is 36.5. The van der Waals surface area contributed by atoms with Gasteiger partial charge in [0.05, 0.1) is 0 Å². The Morgan fingerprint density at radius 3 is 2.70 bits per heavy atom. The molecule has 0 spiro atoms. The van der Waals surface area contributed by atoms with Gasteiger partial charge in [-0.2, -0.15) is 13.2 Å². The second kappa shape index (κ2) is 9.11. The Hall–Kier alpha value is -2.49. The zero-order valence-corrected chi connectivity index (χ0v) is 17.8. The largest absolute Gasteiger partial charge is 0.397 e. The third-order valence-electron chi connectivity index (χ3n) is 4.79. The predicted octanol–water partition coefficient (Wildman–Crippen LogP) is 4.02. The van der Waals surface area contributed by atoms with Crippen LogP contribution in [-0.4, -0.2) is 58.9 Å². The summed E-state index contributed by atoms with van der Waals surface area (Å²) in [5, 5.41) is 0. The van der Waals surface area contributed by atoms with Crippen molar-refractivity contribution in [1.82, 2.24) is 14.9 Å². The molecular weight excluding hydrogens is 465 g/mol. The van der Waals surface area contributed by atoms with Crippen molar-refractivity contribution in [2.45, 2.75) is 25.9 Å². The zero-order valence-electron chi connectivity index (χ0n) is 16.2. The van der Waals surface area contributed by atoms with Crippen LogP contribution in [0.25, 0.3) is 0 Å². The van der Waals surface area contributed by atoms with E-state index in [1.807, 2.05) is 4.90 Å². The van der Waals surface area contributed by atoms with Crippen molar-refractivity contribution in [3.05, 3.63) is 51.9 Å². The standard InChI is InChI=1S/C20H20BrF3N4O2.H2/c1-13-15(10-14(21)12-25-13)19(30)16-4-2-5-17(26-16)27-6-3-7-28(9-8-27)18(29)11-20(22,23)24;/h2,4-5,10,12H,3,6-9,11H2,1H3;1H. The lowest BCUT2D eigenvalue weighted by Crippen LogP contribution is -2.37. The second-order valence-electron chi connectivity index (χ2n) is 7.01. The molecule has 0 radical (unpaired) electrons. The first-order valence-electron chi connectivity index (χ1n) is 9.37. The van der Waals surface area contributed by atoms with Crippen molar-refractivity contribution in [2.75, 3.05) is 31.1 Å². The molecule has 0 aliphatic carbocycles. The normalized spacial score (nSPS) is 15.1. The number of aromatic nitrogens is 2. The van der Waals surface area contributed by atoms with E-state index in [2.05, 4.69) is 25.9 Å². The van der Waals surface area contributed by atoms with Crippen LogP contribution in [-0.2, 0) is 4.79 Å². The van der Waals surface area contributed by atoms with E-state index in [1.54, 1.807) is 37.4 Å². The predicted molar refractivity (Wildman–Crippen MR) is 111 cm³/mol. The smallest absolute Gasteiger partial charge is 0.355 e. The van der Waals surface area contributed by atoms with Crippen molar-refractivity contribution in [1.29, 1.82) is 0 Å². The Morgan fingerprint density at radius 1 is 1.20 bits per heavy atom. The minimum absolute atomic E-state index is 0. The van der Waals surface area contributed by atoms with Crippen molar-refractivity contribution in [3.63, 3.8) is 0 Å². The summed E-state index contributed by atoms with van der Waals surface area (Å²) in [7, 11) is 0. The van der Waals surface area contributed by atoms with Gasteiger partial charge in [0.25, 0.3) is 0 Å². The molecule has 0 unspecified atom stereocenters. The summed E-state index contributed by atoms with van der Waals surface area (Å²) < 4.78 is 38.2. The van der Waals surface area contributed by atoms with E-state index >= 15 is 0 Å².